The van der Waals surface area contributed by atoms with Crippen LogP contribution in [0.15, 0.2) is 40.6 Å². The van der Waals surface area contributed by atoms with Gasteiger partial charge >= 0.3 is 5.97 Å². The van der Waals surface area contributed by atoms with Crippen LogP contribution in [0.25, 0.3) is 0 Å². The van der Waals surface area contributed by atoms with Crippen molar-refractivity contribution >= 4 is 35.0 Å². The molecule has 1 N–H and O–H groups in total. The maximum absolute atomic E-state index is 13.2. The normalized spacial score (nSPS) is 21.3. The highest BCUT2D eigenvalue weighted by molar-refractivity contribution is 9.10. The lowest BCUT2D eigenvalue weighted by Crippen LogP contribution is -2.18. The number of ether oxygens (including phenoxy) is 1. The lowest BCUT2D eigenvalue weighted by molar-refractivity contribution is -0.142. The zero-order valence-corrected chi connectivity index (χ0v) is 14.3. The van der Waals surface area contributed by atoms with Gasteiger partial charge < -0.3 is 9.41 Å². The molecule has 1 saturated heterocycles. The van der Waals surface area contributed by atoms with Crippen molar-refractivity contribution in [2.24, 2.45) is 0 Å². The van der Waals surface area contributed by atoms with Crippen LogP contribution in [0.4, 0.5) is 5.69 Å². The van der Waals surface area contributed by atoms with E-state index in [1.54, 1.807) is 11.6 Å². The molecule has 1 aromatic carbocycles. The number of carbonyl (C=O) groups excluding carboxylic acids is 1. The van der Waals surface area contributed by atoms with Gasteiger partial charge in [-0.15, -0.1) is 0 Å². The van der Waals surface area contributed by atoms with Crippen LogP contribution in [0.5, 0.6) is 0 Å². The zero-order valence-electron chi connectivity index (χ0n) is 11.8. The van der Waals surface area contributed by atoms with Gasteiger partial charge in [0.15, 0.2) is 0 Å². The molecule has 21 heavy (non-hydrogen) atoms. The molecule has 0 saturated carbocycles. The number of rotatable bonds is 5. The second-order valence-corrected chi connectivity index (χ2v) is 8.13. The first-order valence-corrected chi connectivity index (χ1v) is 9.15. The number of hydrogen-bond acceptors (Lipinski definition) is 3. The molecule has 0 amide bonds. The van der Waals surface area contributed by atoms with E-state index in [1.165, 1.54) is 0 Å². The number of halogens is 1. The SMILES string of the molecule is C=C(CC(=O)OCC)P1(=O)NCCN1c1ccc(Br)cc1. The predicted molar refractivity (Wildman–Crippen MR) is 87.5 cm³/mol. The highest BCUT2D eigenvalue weighted by Crippen LogP contribution is 2.58. The molecule has 1 heterocycles. The van der Waals surface area contributed by atoms with Crippen LogP contribution < -0.4 is 9.76 Å². The third-order valence-electron chi connectivity index (χ3n) is 3.20. The largest absolute Gasteiger partial charge is 0.466 e. The fraction of sp³-hybridized carbons (Fsp3) is 0.357. The number of nitrogens with zero attached hydrogens (tertiary/aromatic N) is 1. The Labute approximate surface area is 133 Å². The summed E-state index contributed by atoms with van der Waals surface area (Å²) in [5, 5.41) is 3.38. The van der Waals surface area contributed by atoms with E-state index < -0.39 is 13.4 Å². The minimum absolute atomic E-state index is 0.0366. The summed E-state index contributed by atoms with van der Waals surface area (Å²) in [6.07, 6.45) is -0.0366. The van der Waals surface area contributed by atoms with Crippen molar-refractivity contribution in [2.45, 2.75) is 13.3 Å². The van der Waals surface area contributed by atoms with Gasteiger partial charge in [0, 0.05) is 28.6 Å². The highest BCUT2D eigenvalue weighted by Gasteiger charge is 2.38. The van der Waals surface area contributed by atoms with Crippen LogP contribution in [0, 0.1) is 0 Å². The van der Waals surface area contributed by atoms with Gasteiger partial charge in [0.1, 0.15) is 0 Å². The van der Waals surface area contributed by atoms with Crippen molar-refractivity contribution in [3.05, 3.63) is 40.6 Å². The van der Waals surface area contributed by atoms with E-state index in [0.29, 0.717) is 25.0 Å². The van der Waals surface area contributed by atoms with Crippen molar-refractivity contribution in [1.82, 2.24) is 5.09 Å². The summed E-state index contributed by atoms with van der Waals surface area (Å²) in [6.45, 7) is 7.10. The lowest BCUT2D eigenvalue weighted by atomic mass is 10.3. The summed E-state index contributed by atoms with van der Waals surface area (Å²) < 4.78 is 20.8. The maximum atomic E-state index is 13.2. The van der Waals surface area contributed by atoms with Crippen LogP contribution in [-0.4, -0.2) is 25.7 Å². The average molecular weight is 373 g/mol. The van der Waals surface area contributed by atoms with Crippen molar-refractivity contribution < 1.29 is 14.1 Å². The van der Waals surface area contributed by atoms with E-state index in [4.69, 9.17) is 4.74 Å². The number of nitrogens with one attached hydrogen (secondary N) is 1. The minimum Gasteiger partial charge on any atom is -0.466 e. The molecule has 0 bridgehead atoms. The van der Waals surface area contributed by atoms with Crippen molar-refractivity contribution in [2.75, 3.05) is 24.4 Å². The van der Waals surface area contributed by atoms with E-state index in [-0.39, 0.29) is 6.42 Å². The summed E-state index contributed by atoms with van der Waals surface area (Å²) in [4.78, 5) is 11.6. The van der Waals surface area contributed by atoms with Crippen LogP contribution >= 0.6 is 23.4 Å². The Morgan fingerprint density at radius 2 is 2.14 bits per heavy atom. The maximum Gasteiger partial charge on any atom is 0.310 e. The lowest BCUT2D eigenvalue weighted by Gasteiger charge is -2.27. The highest BCUT2D eigenvalue weighted by atomic mass is 79.9. The second kappa shape index (κ2) is 6.77. The molecule has 0 aliphatic carbocycles. The molecule has 0 spiro atoms. The number of anilines is 1. The average Bonchev–Trinajstić information content (AvgIpc) is 2.83. The third-order valence-corrected chi connectivity index (χ3v) is 6.50. The quantitative estimate of drug-likeness (QED) is 0.632. The summed E-state index contributed by atoms with van der Waals surface area (Å²) in [7, 11) is -3.01. The van der Waals surface area contributed by atoms with Crippen LogP contribution in [0.3, 0.4) is 0 Å². The van der Waals surface area contributed by atoms with Gasteiger partial charge in [0.05, 0.1) is 13.0 Å². The van der Waals surface area contributed by atoms with Gasteiger partial charge in [-0.05, 0) is 31.2 Å². The topological polar surface area (TPSA) is 58.6 Å². The fourth-order valence-electron chi connectivity index (χ4n) is 2.21. The monoisotopic (exact) mass is 372 g/mol. The molecule has 0 aromatic heterocycles. The van der Waals surface area contributed by atoms with E-state index in [0.717, 1.165) is 10.2 Å². The molecule has 114 valence electrons. The first-order valence-electron chi connectivity index (χ1n) is 6.70. The summed E-state index contributed by atoms with van der Waals surface area (Å²) in [6, 6.07) is 7.57. The number of carbonyl (C=O) groups is 1. The van der Waals surface area contributed by atoms with Gasteiger partial charge in [-0.3, -0.25) is 9.36 Å². The molecule has 1 aromatic rings. The Bertz CT molecular complexity index is 588. The summed E-state index contributed by atoms with van der Waals surface area (Å²) in [5.41, 5.74) is 0.844. The van der Waals surface area contributed by atoms with Gasteiger partial charge in [-0.25, -0.2) is 5.09 Å². The molecule has 1 unspecified atom stereocenters. The first-order chi connectivity index (χ1) is 9.97. The Balaban J connectivity index is 2.19. The Kier molecular flexibility index (Phi) is 5.25. The zero-order chi connectivity index (χ0) is 15.5. The molecule has 1 aliphatic rings. The molecule has 1 aliphatic heterocycles. The number of hydrogen-bond donors (Lipinski definition) is 1. The fourth-order valence-corrected chi connectivity index (χ4v) is 4.79. The third kappa shape index (κ3) is 3.57. The molecule has 0 radical (unpaired) electrons. The van der Waals surface area contributed by atoms with Crippen LogP contribution in [0.2, 0.25) is 0 Å². The summed E-state index contributed by atoms with van der Waals surface area (Å²) >= 11 is 3.38. The first kappa shape index (κ1) is 16.3. The van der Waals surface area contributed by atoms with E-state index in [2.05, 4.69) is 27.6 Å². The van der Waals surface area contributed by atoms with Crippen LogP contribution in [0.1, 0.15) is 13.3 Å². The number of benzene rings is 1. The number of esters is 1. The molecule has 5 nitrogen and oxygen atoms in total. The van der Waals surface area contributed by atoms with Crippen molar-refractivity contribution in [3.8, 4) is 0 Å². The predicted octanol–water partition coefficient (Wildman–Crippen LogP) is 3.52. The van der Waals surface area contributed by atoms with Gasteiger partial charge in [-0.1, -0.05) is 22.5 Å². The van der Waals surface area contributed by atoms with Crippen molar-refractivity contribution in [1.29, 1.82) is 0 Å². The van der Waals surface area contributed by atoms with Gasteiger partial charge in [0.2, 0.25) is 0 Å². The Hall–Kier alpha value is -1.10. The Morgan fingerprint density at radius 1 is 1.48 bits per heavy atom. The van der Waals surface area contributed by atoms with Crippen molar-refractivity contribution in [3.63, 3.8) is 0 Å². The minimum atomic E-state index is -3.01. The molecular formula is C14H18BrN2O3P. The summed E-state index contributed by atoms with van der Waals surface area (Å²) in [5.74, 6) is -0.401. The second-order valence-electron chi connectivity index (χ2n) is 4.63. The van der Waals surface area contributed by atoms with Crippen LogP contribution in [-0.2, 0) is 14.1 Å². The smallest absolute Gasteiger partial charge is 0.310 e. The van der Waals surface area contributed by atoms with Gasteiger partial charge in [-0.2, -0.15) is 0 Å². The molecule has 7 heteroatoms. The Morgan fingerprint density at radius 3 is 2.76 bits per heavy atom. The molecule has 2 rings (SSSR count). The standard InChI is InChI=1S/C14H18BrN2O3P/c1-3-20-14(18)10-11(2)21(19)16-8-9-17(21)13-6-4-12(15)5-7-13/h4-7H,2-3,8-10H2,1H3,(H,16,19). The van der Waals surface area contributed by atoms with E-state index in [1.807, 2.05) is 24.3 Å². The molecule has 1 fully saturated rings. The molecular weight excluding hydrogens is 355 g/mol. The van der Waals surface area contributed by atoms with E-state index >= 15 is 0 Å². The molecule has 1 atom stereocenters. The van der Waals surface area contributed by atoms with Gasteiger partial charge in [0.25, 0.3) is 7.44 Å². The van der Waals surface area contributed by atoms with E-state index in [9.17, 15) is 9.36 Å².